The van der Waals surface area contributed by atoms with E-state index >= 15 is 0 Å². The first kappa shape index (κ1) is 8.05. The van der Waals surface area contributed by atoms with Crippen LogP contribution >= 0.6 is 0 Å². The lowest BCUT2D eigenvalue weighted by Crippen LogP contribution is -2.18. The smallest absolute Gasteiger partial charge is 0.247 e. The van der Waals surface area contributed by atoms with Crippen LogP contribution < -0.4 is 5.32 Å². The molecule has 1 atom stereocenters. The summed E-state index contributed by atoms with van der Waals surface area (Å²) in [5.74, 6) is -0.0196. The molecule has 0 radical (unpaired) electrons. The molecule has 2 rings (SSSR count). The highest BCUT2D eigenvalue weighted by atomic mass is 16.2. The van der Waals surface area contributed by atoms with Crippen LogP contribution in [-0.4, -0.2) is 5.91 Å². The van der Waals surface area contributed by atoms with Crippen molar-refractivity contribution in [2.45, 2.75) is 12.5 Å². The predicted octanol–water partition coefficient (Wildman–Crippen LogP) is 1.80. The van der Waals surface area contributed by atoms with Crippen LogP contribution in [0.3, 0.4) is 0 Å². The van der Waals surface area contributed by atoms with E-state index < -0.39 is 0 Å². The summed E-state index contributed by atoms with van der Waals surface area (Å²) in [6.07, 6.45) is 0.725. The summed E-state index contributed by atoms with van der Waals surface area (Å²) >= 11 is 0. The third kappa shape index (κ3) is 1.47. The van der Waals surface area contributed by atoms with E-state index in [1.807, 2.05) is 30.3 Å². The number of nitrogens with one attached hydrogen (secondary N) is 1. The van der Waals surface area contributed by atoms with E-state index in [0.29, 0.717) is 5.57 Å². The summed E-state index contributed by atoms with van der Waals surface area (Å²) in [6, 6.07) is 10.1. The molecule has 1 amide bonds. The van der Waals surface area contributed by atoms with Crippen molar-refractivity contribution in [3.63, 3.8) is 0 Å². The topological polar surface area (TPSA) is 29.1 Å². The molecule has 1 saturated heterocycles. The number of hydrogen-bond acceptors (Lipinski definition) is 1. The minimum atomic E-state index is -0.0196. The van der Waals surface area contributed by atoms with Crippen molar-refractivity contribution < 1.29 is 4.79 Å². The van der Waals surface area contributed by atoms with Gasteiger partial charge in [-0.3, -0.25) is 4.79 Å². The average molecular weight is 173 g/mol. The lowest BCUT2D eigenvalue weighted by Gasteiger charge is -2.08. The van der Waals surface area contributed by atoms with E-state index in [4.69, 9.17) is 0 Å². The summed E-state index contributed by atoms with van der Waals surface area (Å²) in [4.78, 5) is 11.1. The molecule has 1 heterocycles. The molecule has 0 spiro atoms. The number of amides is 1. The van der Waals surface area contributed by atoms with Gasteiger partial charge in [-0.2, -0.15) is 0 Å². The van der Waals surface area contributed by atoms with Crippen LogP contribution in [-0.2, 0) is 4.79 Å². The molecule has 1 aromatic carbocycles. The molecule has 1 unspecified atom stereocenters. The fourth-order valence-corrected chi connectivity index (χ4v) is 1.54. The van der Waals surface area contributed by atoms with E-state index in [1.54, 1.807) is 0 Å². The Morgan fingerprint density at radius 2 is 2.00 bits per heavy atom. The van der Waals surface area contributed by atoms with E-state index in [9.17, 15) is 4.79 Å². The number of carbonyl (C=O) groups excluding carboxylic acids is 1. The first-order chi connectivity index (χ1) is 6.27. The summed E-state index contributed by atoms with van der Waals surface area (Å²) in [5, 5.41) is 2.88. The normalized spacial score (nSPS) is 21.7. The molecule has 0 saturated carbocycles. The molecule has 1 fully saturated rings. The van der Waals surface area contributed by atoms with Gasteiger partial charge in [-0.25, -0.2) is 0 Å². The van der Waals surface area contributed by atoms with E-state index in [0.717, 1.165) is 12.0 Å². The van der Waals surface area contributed by atoms with Crippen LogP contribution in [0.25, 0.3) is 0 Å². The quantitative estimate of drug-likeness (QED) is 0.645. The van der Waals surface area contributed by atoms with Gasteiger partial charge in [0.2, 0.25) is 5.91 Å². The molecule has 1 aromatic rings. The first-order valence-corrected chi connectivity index (χ1v) is 4.31. The van der Waals surface area contributed by atoms with Crippen LogP contribution in [0.5, 0.6) is 0 Å². The minimum Gasteiger partial charge on any atom is -0.345 e. The fourth-order valence-electron chi connectivity index (χ4n) is 1.54. The van der Waals surface area contributed by atoms with Gasteiger partial charge >= 0.3 is 0 Å². The lowest BCUT2D eigenvalue weighted by atomic mass is 10.0. The van der Waals surface area contributed by atoms with Crippen molar-refractivity contribution >= 4 is 5.91 Å². The van der Waals surface area contributed by atoms with E-state index in [1.165, 1.54) is 0 Å². The lowest BCUT2D eigenvalue weighted by molar-refractivity contribution is -0.116. The van der Waals surface area contributed by atoms with Crippen LogP contribution in [0.4, 0.5) is 0 Å². The number of carbonyl (C=O) groups is 1. The van der Waals surface area contributed by atoms with Gasteiger partial charge in [-0.05, 0) is 5.56 Å². The van der Waals surface area contributed by atoms with Crippen molar-refractivity contribution in [1.82, 2.24) is 5.32 Å². The molecule has 13 heavy (non-hydrogen) atoms. The van der Waals surface area contributed by atoms with Gasteiger partial charge in [0.25, 0.3) is 0 Å². The number of benzene rings is 1. The highest BCUT2D eigenvalue weighted by Gasteiger charge is 2.25. The summed E-state index contributed by atoms with van der Waals surface area (Å²) < 4.78 is 0. The van der Waals surface area contributed by atoms with E-state index in [2.05, 4.69) is 11.9 Å². The van der Waals surface area contributed by atoms with Crippen LogP contribution in [0.2, 0.25) is 0 Å². The molecule has 66 valence electrons. The zero-order valence-electron chi connectivity index (χ0n) is 7.29. The molecule has 0 aromatic heterocycles. The maximum atomic E-state index is 11.1. The van der Waals surface area contributed by atoms with Crippen LogP contribution in [0.1, 0.15) is 18.0 Å². The molecular weight excluding hydrogens is 162 g/mol. The van der Waals surface area contributed by atoms with Gasteiger partial charge < -0.3 is 5.32 Å². The summed E-state index contributed by atoms with van der Waals surface area (Å²) in [6.45, 7) is 3.70. The Kier molecular flexibility index (Phi) is 1.89. The summed E-state index contributed by atoms with van der Waals surface area (Å²) in [7, 11) is 0. The van der Waals surface area contributed by atoms with Crippen molar-refractivity contribution in [1.29, 1.82) is 0 Å². The van der Waals surface area contributed by atoms with Gasteiger partial charge in [0.15, 0.2) is 0 Å². The molecule has 0 aliphatic carbocycles. The standard InChI is InChI=1S/C11H11NO/c1-8-7-10(12-11(8)13)9-5-3-2-4-6-9/h2-6,10H,1,7H2,(H,12,13). The van der Waals surface area contributed by atoms with Crippen LogP contribution in [0.15, 0.2) is 42.5 Å². The monoisotopic (exact) mass is 173 g/mol. The zero-order chi connectivity index (χ0) is 9.26. The van der Waals surface area contributed by atoms with Gasteiger partial charge in [0.1, 0.15) is 0 Å². The highest BCUT2D eigenvalue weighted by Crippen LogP contribution is 2.25. The van der Waals surface area contributed by atoms with E-state index in [-0.39, 0.29) is 11.9 Å². The van der Waals surface area contributed by atoms with Crippen molar-refractivity contribution in [3.05, 3.63) is 48.0 Å². The Balaban J connectivity index is 2.21. The Labute approximate surface area is 77.3 Å². The van der Waals surface area contributed by atoms with Gasteiger partial charge in [0, 0.05) is 12.0 Å². The van der Waals surface area contributed by atoms with Crippen molar-refractivity contribution in [3.8, 4) is 0 Å². The second-order valence-corrected chi connectivity index (χ2v) is 3.24. The SMILES string of the molecule is C=C1CC(c2ccccc2)NC1=O. The summed E-state index contributed by atoms with van der Waals surface area (Å²) in [5.41, 5.74) is 1.82. The average Bonchev–Trinajstić information content (AvgIpc) is 2.49. The molecule has 2 nitrogen and oxygen atoms in total. The minimum absolute atomic E-state index is 0.0196. The molecule has 1 aliphatic heterocycles. The molecular formula is C11H11NO. The zero-order valence-corrected chi connectivity index (χ0v) is 7.29. The Hall–Kier alpha value is -1.57. The van der Waals surface area contributed by atoms with Crippen LogP contribution in [0, 0.1) is 0 Å². The number of rotatable bonds is 1. The Morgan fingerprint density at radius 1 is 1.31 bits per heavy atom. The Bertz CT molecular complexity index is 326. The first-order valence-electron chi connectivity index (χ1n) is 4.31. The molecule has 1 N–H and O–H groups in total. The maximum absolute atomic E-state index is 11.1. The van der Waals surface area contributed by atoms with Gasteiger partial charge in [0.05, 0.1) is 6.04 Å². The highest BCUT2D eigenvalue weighted by molar-refractivity contribution is 5.95. The third-order valence-electron chi connectivity index (χ3n) is 2.28. The van der Waals surface area contributed by atoms with Gasteiger partial charge in [-0.1, -0.05) is 36.9 Å². The second-order valence-electron chi connectivity index (χ2n) is 3.24. The Morgan fingerprint density at radius 3 is 2.54 bits per heavy atom. The van der Waals surface area contributed by atoms with Crippen molar-refractivity contribution in [2.24, 2.45) is 0 Å². The second kappa shape index (κ2) is 3.05. The predicted molar refractivity (Wildman–Crippen MR) is 51.1 cm³/mol. The van der Waals surface area contributed by atoms with Crippen molar-refractivity contribution in [2.75, 3.05) is 0 Å². The number of hydrogen-bond donors (Lipinski definition) is 1. The molecule has 1 aliphatic rings. The molecule has 0 bridgehead atoms. The fraction of sp³-hybridized carbons (Fsp3) is 0.182. The third-order valence-corrected chi connectivity index (χ3v) is 2.28. The molecule has 2 heteroatoms. The largest absolute Gasteiger partial charge is 0.345 e. The maximum Gasteiger partial charge on any atom is 0.247 e. The van der Waals surface area contributed by atoms with Gasteiger partial charge in [-0.15, -0.1) is 0 Å².